The molecule has 0 aliphatic heterocycles. The van der Waals surface area contributed by atoms with Gasteiger partial charge in [-0.3, -0.25) is 0 Å². The SMILES string of the molecule is Cc1cccc(OC(CCCC2CC2)n2ncn(C)c2=S)c1C. The van der Waals surface area contributed by atoms with Crippen LogP contribution in [0.25, 0.3) is 0 Å². The molecule has 0 saturated heterocycles. The van der Waals surface area contributed by atoms with Gasteiger partial charge in [0.15, 0.2) is 6.23 Å². The molecular formula is C18H25N3OS. The predicted octanol–water partition coefficient (Wildman–Crippen LogP) is 4.73. The minimum atomic E-state index is -0.136. The van der Waals surface area contributed by atoms with Crippen molar-refractivity contribution in [2.24, 2.45) is 13.0 Å². The summed E-state index contributed by atoms with van der Waals surface area (Å²) < 4.78 is 10.7. The third kappa shape index (κ3) is 3.83. The molecule has 2 aromatic rings. The Morgan fingerprint density at radius 1 is 1.35 bits per heavy atom. The Labute approximate surface area is 143 Å². The van der Waals surface area contributed by atoms with E-state index in [1.54, 1.807) is 6.33 Å². The Hall–Kier alpha value is -1.62. The first-order chi connectivity index (χ1) is 11.1. The van der Waals surface area contributed by atoms with Crippen molar-refractivity contribution in [2.45, 2.75) is 52.2 Å². The van der Waals surface area contributed by atoms with Crippen LogP contribution in [-0.4, -0.2) is 14.3 Å². The fourth-order valence-corrected chi connectivity index (χ4v) is 3.02. The lowest BCUT2D eigenvalue weighted by Crippen LogP contribution is -2.18. The van der Waals surface area contributed by atoms with Crippen molar-refractivity contribution < 1.29 is 4.74 Å². The van der Waals surface area contributed by atoms with E-state index in [9.17, 15) is 0 Å². The van der Waals surface area contributed by atoms with E-state index >= 15 is 0 Å². The van der Waals surface area contributed by atoms with Gasteiger partial charge in [0.1, 0.15) is 12.1 Å². The monoisotopic (exact) mass is 331 g/mol. The van der Waals surface area contributed by atoms with Crippen molar-refractivity contribution in [3.8, 4) is 5.75 Å². The second-order valence-electron chi connectivity index (χ2n) is 6.61. The summed E-state index contributed by atoms with van der Waals surface area (Å²) >= 11 is 5.48. The van der Waals surface area contributed by atoms with Crippen LogP contribution in [0.4, 0.5) is 0 Å². The summed E-state index contributed by atoms with van der Waals surface area (Å²) in [5, 5.41) is 4.43. The molecule has 23 heavy (non-hydrogen) atoms. The molecule has 1 unspecified atom stereocenters. The maximum absolute atomic E-state index is 6.33. The lowest BCUT2D eigenvalue weighted by Gasteiger charge is -2.21. The molecule has 1 saturated carbocycles. The van der Waals surface area contributed by atoms with E-state index in [4.69, 9.17) is 17.0 Å². The molecule has 0 amide bonds. The van der Waals surface area contributed by atoms with Gasteiger partial charge < -0.3 is 9.30 Å². The molecule has 0 spiro atoms. The van der Waals surface area contributed by atoms with Crippen LogP contribution in [0.15, 0.2) is 24.5 Å². The number of nitrogens with zero attached hydrogens (tertiary/aromatic N) is 3. The van der Waals surface area contributed by atoms with Crippen molar-refractivity contribution in [3.05, 3.63) is 40.4 Å². The molecule has 1 atom stereocenters. The number of ether oxygens (including phenoxy) is 1. The van der Waals surface area contributed by atoms with Crippen molar-refractivity contribution in [1.29, 1.82) is 0 Å². The van der Waals surface area contributed by atoms with Crippen LogP contribution in [-0.2, 0) is 7.05 Å². The zero-order valence-corrected chi connectivity index (χ0v) is 15.0. The highest BCUT2D eigenvalue weighted by atomic mass is 32.1. The zero-order valence-electron chi connectivity index (χ0n) is 14.2. The second-order valence-corrected chi connectivity index (χ2v) is 6.98. The average molecular weight is 331 g/mol. The standard InChI is InChI=1S/C18H25N3OS/c1-13-6-4-8-16(14(13)2)22-17(9-5-7-15-10-11-15)21-18(23)20(3)12-19-21/h4,6,8,12,15,17H,5,7,9-11H2,1-3H3. The van der Waals surface area contributed by atoms with Crippen LogP contribution in [0.5, 0.6) is 5.75 Å². The number of benzene rings is 1. The van der Waals surface area contributed by atoms with Crippen LogP contribution in [0.2, 0.25) is 0 Å². The van der Waals surface area contributed by atoms with Crippen molar-refractivity contribution >= 4 is 12.2 Å². The predicted molar refractivity (Wildman–Crippen MR) is 94.2 cm³/mol. The van der Waals surface area contributed by atoms with E-state index in [0.29, 0.717) is 4.77 Å². The highest BCUT2D eigenvalue weighted by Gasteiger charge is 2.23. The van der Waals surface area contributed by atoms with E-state index in [0.717, 1.165) is 24.5 Å². The topological polar surface area (TPSA) is 32.0 Å². The Bertz CT molecular complexity index is 730. The summed E-state index contributed by atoms with van der Waals surface area (Å²) in [5.41, 5.74) is 2.42. The maximum Gasteiger partial charge on any atom is 0.200 e. The fourth-order valence-electron chi connectivity index (χ4n) is 2.81. The van der Waals surface area contributed by atoms with Crippen LogP contribution in [0, 0.1) is 24.5 Å². The quantitative estimate of drug-likeness (QED) is 0.688. The lowest BCUT2D eigenvalue weighted by molar-refractivity contribution is 0.102. The number of hydrogen-bond donors (Lipinski definition) is 0. The Kier molecular flexibility index (Phi) is 4.85. The molecule has 124 valence electrons. The normalized spacial score (nSPS) is 15.6. The van der Waals surface area contributed by atoms with Crippen molar-refractivity contribution in [3.63, 3.8) is 0 Å². The van der Waals surface area contributed by atoms with Gasteiger partial charge in [-0.05, 0) is 55.6 Å². The first-order valence-electron chi connectivity index (χ1n) is 8.39. The molecule has 1 fully saturated rings. The number of hydrogen-bond acceptors (Lipinski definition) is 3. The molecule has 0 radical (unpaired) electrons. The van der Waals surface area contributed by atoms with Gasteiger partial charge in [0.05, 0.1) is 0 Å². The van der Waals surface area contributed by atoms with Gasteiger partial charge in [0, 0.05) is 13.5 Å². The molecular weight excluding hydrogens is 306 g/mol. The fraction of sp³-hybridized carbons (Fsp3) is 0.556. The summed E-state index contributed by atoms with van der Waals surface area (Å²) in [7, 11) is 1.92. The van der Waals surface area contributed by atoms with Gasteiger partial charge in [-0.2, -0.15) is 9.78 Å². The van der Waals surface area contributed by atoms with E-state index in [1.807, 2.05) is 28.4 Å². The van der Waals surface area contributed by atoms with E-state index in [2.05, 4.69) is 25.0 Å². The van der Waals surface area contributed by atoms with Gasteiger partial charge >= 0.3 is 0 Å². The summed E-state index contributed by atoms with van der Waals surface area (Å²) in [6.45, 7) is 4.21. The van der Waals surface area contributed by atoms with Gasteiger partial charge in [-0.15, -0.1) is 0 Å². The molecule has 1 aromatic heterocycles. The maximum atomic E-state index is 6.33. The molecule has 0 bridgehead atoms. The second kappa shape index (κ2) is 6.87. The van der Waals surface area contributed by atoms with Gasteiger partial charge in [-0.25, -0.2) is 0 Å². The average Bonchev–Trinajstić information content (AvgIpc) is 3.29. The molecule has 1 aliphatic rings. The minimum Gasteiger partial charge on any atom is -0.468 e. The lowest BCUT2D eigenvalue weighted by atomic mass is 10.1. The van der Waals surface area contributed by atoms with Gasteiger partial charge in [-0.1, -0.05) is 31.4 Å². The number of rotatable bonds is 7. The minimum absolute atomic E-state index is 0.136. The summed E-state index contributed by atoms with van der Waals surface area (Å²) in [6, 6.07) is 6.18. The van der Waals surface area contributed by atoms with Gasteiger partial charge in [0.25, 0.3) is 0 Å². The first kappa shape index (κ1) is 16.2. The van der Waals surface area contributed by atoms with E-state index in [1.165, 1.54) is 30.4 Å². The zero-order chi connectivity index (χ0) is 16.4. The molecule has 4 nitrogen and oxygen atoms in total. The highest BCUT2D eigenvalue weighted by Crippen LogP contribution is 2.35. The first-order valence-corrected chi connectivity index (χ1v) is 8.80. The molecule has 1 aliphatic carbocycles. The third-order valence-corrected chi connectivity index (χ3v) is 5.17. The Balaban J connectivity index is 1.80. The molecule has 0 N–H and O–H groups in total. The summed E-state index contributed by atoms with van der Waals surface area (Å²) in [5.74, 6) is 1.86. The highest BCUT2D eigenvalue weighted by molar-refractivity contribution is 7.71. The molecule has 1 heterocycles. The number of aryl methyl sites for hydroxylation is 2. The van der Waals surface area contributed by atoms with Crippen molar-refractivity contribution in [2.75, 3.05) is 0 Å². The van der Waals surface area contributed by atoms with Crippen LogP contribution >= 0.6 is 12.2 Å². The number of aromatic nitrogens is 3. The van der Waals surface area contributed by atoms with Crippen LogP contribution < -0.4 is 4.74 Å². The molecule has 3 rings (SSSR count). The van der Waals surface area contributed by atoms with Crippen LogP contribution in [0.3, 0.4) is 0 Å². The van der Waals surface area contributed by atoms with E-state index < -0.39 is 0 Å². The smallest absolute Gasteiger partial charge is 0.200 e. The summed E-state index contributed by atoms with van der Waals surface area (Å²) in [4.78, 5) is 0. The largest absolute Gasteiger partial charge is 0.468 e. The molecule has 5 heteroatoms. The van der Waals surface area contributed by atoms with Gasteiger partial charge in [0.2, 0.25) is 4.77 Å². The molecule has 1 aromatic carbocycles. The van der Waals surface area contributed by atoms with Crippen LogP contribution in [0.1, 0.15) is 49.5 Å². The van der Waals surface area contributed by atoms with E-state index in [-0.39, 0.29) is 6.23 Å². The summed E-state index contributed by atoms with van der Waals surface area (Å²) in [6.07, 6.45) is 7.78. The Morgan fingerprint density at radius 3 is 2.78 bits per heavy atom. The Morgan fingerprint density at radius 2 is 2.13 bits per heavy atom. The third-order valence-electron chi connectivity index (χ3n) is 4.70. The van der Waals surface area contributed by atoms with Crippen molar-refractivity contribution in [1.82, 2.24) is 14.3 Å².